The monoisotopic (exact) mass is 320 g/mol. The van der Waals surface area contributed by atoms with Gasteiger partial charge < -0.3 is 4.90 Å². The van der Waals surface area contributed by atoms with Gasteiger partial charge in [-0.3, -0.25) is 9.69 Å². The molecule has 20 heavy (non-hydrogen) atoms. The summed E-state index contributed by atoms with van der Waals surface area (Å²) in [6.45, 7) is 2.24. The van der Waals surface area contributed by atoms with Gasteiger partial charge in [0.25, 0.3) is 5.91 Å². The smallest absolute Gasteiger partial charge is 0.349 e. The molecule has 108 valence electrons. The molecule has 8 heteroatoms. The summed E-state index contributed by atoms with van der Waals surface area (Å²) in [6, 6.07) is 0. The number of carbonyl (C=O) groups is 1. The van der Waals surface area contributed by atoms with Gasteiger partial charge in [-0.05, 0) is 19.1 Å². The maximum Gasteiger partial charge on any atom is 0.417 e. The van der Waals surface area contributed by atoms with Crippen molar-refractivity contribution in [3.05, 3.63) is 34.5 Å². The number of hydrogen-bond donors (Lipinski definition) is 0. The highest BCUT2D eigenvalue weighted by atomic mass is 32.2. The number of allylic oxidation sites excluding steroid dienone is 3. The van der Waals surface area contributed by atoms with Crippen molar-refractivity contribution in [1.29, 1.82) is 0 Å². The summed E-state index contributed by atoms with van der Waals surface area (Å²) in [5, 5.41) is 0. The Balaban J connectivity index is 2.36. The Morgan fingerprint density at radius 2 is 2.00 bits per heavy atom. The Kier molecular flexibility index (Phi) is 3.97. The van der Waals surface area contributed by atoms with Crippen LogP contribution < -0.4 is 0 Å². The van der Waals surface area contributed by atoms with E-state index in [2.05, 4.69) is 0 Å². The third-order valence-corrected chi connectivity index (χ3v) is 4.31. The van der Waals surface area contributed by atoms with Gasteiger partial charge >= 0.3 is 6.18 Å². The third kappa shape index (κ3) is 2.62. The van der Waals surface area contributed by atoms with Crippen LogP contribution in [0.25, 0.3) is 0 Å². The lowest BCUT2D eigenvalue weighted by atomic mass is 10.1. The van der Waals surface area contributed by atoms with E-state index in [1.54, 1.807) is 6.92 Å². The average Bonchev–Trinajstić information content (AvgIpc) is 2.63. The molecule has 0 bridgehead atoms. The van der Waals surface area contributed by atoms with Gasteiger partial charge in [-0.25, -0.2) is 0 Å². The number of amides is 1. The molecule has 3 nitrogen and oxygen atoms in total. The van der Waals surface area contributed by atoms with Crippen LogP contribution in [0.1, 0.15) is 6.92 Å². The van der Waals surface area contributed by atoms with Gasteiger partial charge in [0.2, 0.25) is 0 Å². The number of nitrogens with zero attached hydrogens (tertiary/aromatic N) is 2. The van der Waals surface area contributed by atoms with Gasteiger partial charge in [-0.1, -0.05) is 24.0 Å². The first-order chi connectivity index (χ1) is 9.25. The van der Waals surface area contributed by atoms with Crippen LogP contribution >= 0.6 is 24.0 Å². The molecular weight excluding hydrogens is 309 g/mol. The number of rotatable bonds is 1. The molecule has 2 aliphatic heterocycles. The Labute approximate surface area is 123 Å². The number of carbonyl (C=O) groups excluding carboxylic acids is 1. The van der Waals surface area contributed by atoms with E-state index in [1.807, 2.05) is 0 Å². The molecule has 2 rings (SSSR count). The van der Waals surface area contributed by atoms with E-state index in [0.717, 1.165) is 24.0 Å². The lowest BCUT2D eigenvalue weighted by molar-refractivity contribution is -0.122. The first-order valence-corrected chi connectivity index (χ1v) is 6.96. The van der Waals surface area contributed by atoms with Gasteiger partial charge in [-0.2, -0.15) is 13.2 Å². The van der Waals surface area contributed by atoms with Gasteiger partial charge in [0, 0.05) is 19.8 Å². The Bertz CT molecular complexity index is 564. The zero-order chi connectivity index (χ0) is 15.1. The van der Waals surface area contributed by atoms with Crippen molar-refractivity contribution in [3.8, 4) is 0 Å². The lowest BCUT2D eigenvalue weighted by Crippen LogP contribution is -2.28. The Morgan fingerprint density at radius 3 is 2.45 bits per heavy atom. The summed E-state index contributed by atoms with van der Waals surface area (Å²) >= 11 is 6.19. The van der Waals surface area contributed by atoms with Crippen molar-refractivity contribution in [1.82, 2.24) is 9.80 Å². The quantitative estimate of drug-likeness (QED) is 0.547. The molecule has 0 radical (unpaired) electrons. The van der Waals surface area contributed by atoms with Crippen LogP contribution in [0, 0.1) is 0 Å². The summed E-state index contributed by atoms with van der Waals surface area (Å²) in [5.74, 6) is -0.266. The molecule has 0 unspecified atom stereocenters. The van der Waals surface area contributed by atoms with E-state index in [1.165, 1.54) is 22.9 Å². The number of hydrogen-bond acceptors (Lipinski definition) is 4. The van der Waals surface area contributed by atoms with Crippen molar-refractivity contribution < 1.29 is 18.0 Å². The van der Waals surface area contributed by atoms with Gasteiger partial charge in [0.05, 0.1) is 11.3 Å². The van der Waals surface area contributed by atoms with E-state index in [4.69, 9.17) is 12.2 Å². The van der Waals surface area contributed by atoms with Crippen LogP contribution in [0.5, 0.6) is 0 Å². The van der Waals surface area contributed by atoms with E-state index in [0.29, 0.717) is 21.5 Å². The Morgan fingerprint density at radius 1 is 1.35 bits per heavy atom. The van der Waals surface area contributed by atoms with Crippen LogP contribution in [-0.4, -0.2) is 39.8 Å². The first-order valence-electron chi connectivity index (χ1n) is 5.73. The van der Waals surface area contributed by atoms with Crippen LogP contribution in [0.2, 0.25) is 0 Å². The molecule has 0 aliphatic carbocycles. The maximum atomic E-state index is 12.6. The summed E-state index contributed by atoms with van der Waals surface area (Å²) in [7, 11) is 1.48. The highest BCUT2D eigenvalue weighted by Gasteiger charge is 2.37. The van der Waals surface area contributed by atoms with E-state index >= 15 is 0 Å². The second kappa shape index (κ2) is 5.25. The fourth-order valence-electron chi connectivity index (χ4n) is 1.84. The van der Waals surface area contributed by atoms with Crippen molar-refractivity contribution in [3.63, 3.8) is 0 Å². The standard InChI is InChI=1S/C12H11F3N2OS2/c1-3-17-10(18)9(20-11(17)19)8-5-4-7(6-16(8)2)12(13,14)15/h4-6H,3H2,1-2H3/b9-8+. The second-order valence-corrected chi connectivity index (χ2v) is 5.80. The molecule has 0 aromatic heterocycles. The molecule has 0 aromatic carbocycles. The van der Waals surface area contributed by atoms with E-state index in [9.17, 15) is 18.0 Å². The molecule has 0 spiro atoms. The third-order valence-electron chi connectivity index (χ3n) is 2.86. The van der Waals surface area contributed by atoms with Crippen LogP contribution in [0.4, 0.5) is 13.2 Å². The molecular formula is C12H11F3N2OS2. The highest BCUT2D eigenvalue weighted by Crippen LogP contribution is 2.37. The number of halogens is 3. The SMILES string of the molecule is CCN1C(=O)/C(=C2/C=CC(C(F)(F)F)=CN2C)SC1=S. The van der Waals surface area contributed by atoms with Gasteiger partial charge in [-0.15, -0.1) is 0 Å². The maximum absolute atomic E-state index is 12.6. The largest absolute Gasteiger partial charge is 0.417 e. The normalized spacial score (nSPS) is 23.8. The number of alkyl halides is 3. The predicted octanol–water partition coefficient (Wildman–Crippen LogP) is 3.03. The van der Waals surface area contributed by atoms with Crippen LogP contribution in [0.3, 0.4) is 0 Å². The molecule has 0 saturated carbocycles. The fourth-order valence-corrected chi connectivity index (χ4v) is 3.31. The van der Waals surface area contributed by atoms with Crippen molar-refractivity contribution in [2.75, 3.05) is 13.6 Å². The minimum atomic E-state index is -4.40. The lowest BCUT2D eigenvalue weighted by Gasteiger charge is -2.23. The topological polar surface area (TPSA) is 23.6 Å². The first kappa shape index (κ1) is 15.1. The summed E-state index contributed by atoms with van der Waals surface area (Å²) < 4.78 is 38.3. The molecule has 2 heterocycles. The van der Waals surface area contributed by atoms with Crippen molar-refractivity contribution in [2.45, 2.75) is 13.1 Å². The minimum Gasteiger partial charge on any atom is -0.349 e. The molecule has 1 saturated heterocycles. The molecule has 2 aliphatic rings. The van der Waals surface area contributed by atoms with Crippen molar-refractivity contribution >= 4 is 34.2 Å². The summed E-state index contributed by atoms with van der Waals surface area (Å²) in [5.41, 5.74) is -0.332. The molecule has 1 fully saturated rings. The zero-order valence-electron chi connectivity index (χ0n) is 10.7. The molecule has 0 atom stereocenters. The number of thiocarbonyl (C=S) groups is 1. The Hall–Kier alpha value is -1.28. The zero-order valence-corrected chi connectivity index (χ0v) is 12.3. The minimum absolute atomic E-state index is 0.266. The van der Waals surface area contributed by atoms with E-state index < -0.39 is 11.7 Å². The predicted molar refractivity (Wildman–Crippen MR) is 75.6 cm³/mol. The molecule has 0 aromatic rings. The fraction of sp³-hybridized carbons (Fsp3) is 0.333. The van der Waals surface area contributed by atoms with Crippen LogP contribution in [-0.2, 0) is 4.79 Å². The average molecular weight is 320 g/mol. The molecule has 0 N–H and O–H groups in total. The van der Waals surface area contributed by atoms with Gasteiger partial charge in [0.1, 0.15) is 9.23 Å². The second-order valence-electron chi connectivity index (χ2n) is 4.16. The van der Waals surface area contributed by atoms with Crippen molar-refractivity contribution in [2.24, 2.45) is 0 Å². The van der Waals surface area contributed by atoms with Gasteiger partial charge in [0.15, 0.2) is 0 Å². The number of thioether (sulfide) groups is 1. The molecule has 1 amide bonds. The van der Waals surface area contributed by atoms with E-state index in [-0.39, 0.29) is 5.91 Å². The summed E-state index contributed by atoms with van der Waals surface area (Å²) in [4.78, 5) is 15.2. The number of likely N-dealkylation sites (N-methyl/N-ethyl adjacent to an activating group) is 2. The summed E-state index contributed by atoms with van der Waals surface area (Å²) in [6.07, 6.45) is -1.18. The van der Waals surface area contributed by atoms with Crippen LogP contribution in [0.15, 0.2) is 34.5 Å². The highest BCUT2D eigenvalue weighted by molar-refractivity contribution is 8.26.